The van der Waals surface area contributed by atoms with Gasteiger partial charge in [0.15, 0.2) is 0 Å². The molecule has 2 aliphatic rings. The number of likely N-dealkylation sites (N-methyl/N-ethyl adjacent to an activating group) is 1. The van der Waals surface area contributed by atoms with Crippen LogP contribution in [0.2, 0.25) is 0 Å². The Labute approximate surface area is 151 Å². The van der Waals surface area contributed by atoms with E-state index in [9.17, 15) is 4.79 Å². The molecule has 3 rings (SSSR count). The van der Waals surface area contributed by atoms with E-state index < -0.39 is 0 Å². The molecular formula is C19H31N5O. The Morgan fingerprint density at radius 1 is 1.28 bits per heavy atom. The van der Waals surface area contributed by atoms with Crippen molar-refractivity contribution in [2.45, 2.75) is 32.2 Å². The van der Waals surface area contributed by atoms with Gasteiger partial charge < -0.3 is 20.4 Å². The number of amides is 1. The molecule has 0 spiro atoms. The van der Waals surface area contributed by atoms with Crippen LogP contribution in [0.1, 0.15) is 31.2 Å². The molecule has 3 heterocycles. The molecule has 0 saturated carbocycles. The third kappa shape index (κ3) is 5.41. The molecule has 138 valence electrons. The van der Waals surface area contributed by atoms with Crippen LogP contribution in [-0.4, -0.2) is 62.1 Å². The van der Waals surface area contributed by atoms with Crippen LogP contribution >= 0.6 is 0 Å². The van der Waals surface area contributed by atoms with Crippen LogP contribution in [0.5, 0.6) is 0 Å². The monoisotopic (exact) mass is 345 g/mol. The fourth-order valence-corrected chi connectivity index (χ4v) is 3.66. The molecule has 2 saturated heterocycles. The van der Waals surface area contributed by atoms with E-state index in [0.29, 0.717) is 18.9 Å². The number of hydrogen-bond acceptors (Lipinski definition) is 5. The van der Waals surface area contributed by atoms with Crippen molar-refractivity contribution in [3.05, 3.63) is 23.9 Å². The lowest BCUT2D eigenvalue weighted by atomic mass is 9.93. The van der Waals surface area contributed by atoms with Crippen molar-refractivity contribution in [3.63, 3.8) is 0 Å². The highest BCUT2D eigenvalue weighted by molar-refractivity contribution is 5.76. The van der Waals surface area contributed by atoms with Gasteiger partial charge >= 0.3 is 0 Å². The summed E-state index contributed by atoms with van der Waals surface area (Å²) in [7, 11) is 2.15. The Kier molecular flexibility index (Phi) is 6.64. The van der Waals surface area contributed by atoms with Crippen LogP contribution in [0.4, 0.5) is 5.82 Å². The van der Waals surface area contributed by atoms with Gasteiger partial charge in [-0.3, -0.25) is 4.79 Å². The zero-order valence-electron chi connectivity index (χ0n) is 15.3. The third-order valence-corrected chi connectivity index (χ3v) is 5.38. The number of carbonyl (C=O) groups excluding carboxylic acids is 1. The molecule has 0 aliphatic carbocycles. The maximum Gasteiger partial charge on any atom is 0.220 e. The molecule has 0 aromatic carbocycles. The Hall–Kier alpha value is -1.66. The van der Waals surface area contributed by atoms with Crippen molar-refractivity contribution in [1.29, 1.82) is 0 Å². The first-order chi connectivity index (χ1) is 12.2. The first-order valence-corrected chi connectivity index (χ1v) is 9.57. The summed E-state index contributed by atoms with van der Waals surface area (Å²) in [6.45, 7) is 6.85. The van der Waals surface area contributed by atoms with E-state index in [2.05, 4.69) is 38.5 Å². The molecule has 0 radical (unpaired) electrons. The summed E-state index contributed by atoms with van der Waals surface area (Å²) >= 11 is 0. The maximum atomic E-state index is 12.2. The highest BCUT2D eigenvalue weighted by Gasteiger charge is 2.18. The fourth-order valence-electron chi connectivity index (χ4n) is 3.66. The van der Waals surface area contributed by atoms with Crippen LogP contribution < -0.4 is 15.5 Å². The van der Waals surface area contributed by atoms with Crippen LogP contribution in [0, 0.1) is 5.92 Å². The number of nitrogens with zero attached hydrogens (tertiary/aromatic N) is 3. The van der Waals surface area contributed by atoms with Gasteiger partial charge in [0.05, 0.1) is 0 Å². The van der Waals surface area contributed by atoms with Gasteiger partial charge in [0.25, 0.3) is 0 Å². The summed E-state index contributed by atoms with van der Waals surface area (Å²) in [6, 6.07) is 4.03. The number of piperidine rings is 1. The Morgan fingerprint density at radius 2 is 2.04 bits per heavy atom. The average molecular weight is 345 g/mol. The normalized spacial score (nSPS) is 19.8. The van der Waals surface area contributed by atoms with Crippen LogP contribution in [-0.2, 0) is 11.3 Å². The minimum Gasteiger partial charge on any atom is -0.354 e. The first kappa shape index (κ1) is 18.1. The Balaban J connectivity index is 1.48. The van der Waals surface area contributed by atoms with Crippen molar-refractivity contribution in [3.8, 4) is 0 Å². The van der Waals surface area contributed by atoms with Gasteiger partial charge in [0.1, 0.15) is 5.82 Å². The number of aromatic nitrogens is 1. The lowest BCUT2D eigenvalue weighted by Gasteiger charge is -2.34. The average Bonchev–Trinajstić information content (AvgIpc) is 2.66. The highest BCUT2D eigenvalue weighted by Crippen LogP contribution is 2.20. The minimum atomic E-state index is 0.159. The van der Waals surface area contributed by atoms with Crippen molar-refractivity contribution in [1.82, 2.24) is 20.5 Å². The smallest absolute Gasteiger partial charge is 0.220 e. The number of anilines is 1. The molecule has 25 heavy (non-hydrogen) atoms. The van der Waals surface area contributed by atoms with Crippen molar-refractivity contribution >= 4 is 11.7 Å². The summed E-state index contributed by atoms with van der Waals surface area (Å²) in [5.74, 6) is 1.88. The van der Waals surface area contributed by atoms with E-state index in [1.807, 2.05) is 12.3 Å². The van der Waals surface area contributed by atoms with Gasteiger partial charge in [0, 0.05) is 50.9 Å². The topological polar surface area (TPSA) is 60.5 Å². The molecule has 1 aromatic heterocycles. The number of carbonyl (C=O) groups is 1. The Morgan fingerprint density at radius 3 is 2.80 bits per heavy atom. The predicted octanol–water partition coefficient (Wildman–Crippen LogP) is 1.23. The van der Waals surface area contributed by atoms with Crippen molar-refractivity contribution < 1.29 is 4.79 Å². The molecule has 6 nitrogen and oxygen atoms in total. The van der Waals surface area contributed by atoms with E-state index in [-0.39, 0.29) is 5.91 Å². The second-order valence-corrected chi connectivity index (χ2v) is 7.29. The highest BCUT2D eigenvalue weighted by atomic mass is 16.1. The van der Waals surface area contributed by atoms with E-state index in [0.717, 1.165) is 57.1 Å². The van der Waals surface area contributed by atoms with E-state index >= 15 is 0 Å². The summed E-state index contributed by atoms with van der Waals surface area (Å²) < 4.78 is 0. The zero-order chi connectivity index (χ0) is 17.5. The predicted molar refractivity (Wildman–Crippen MR) is 101 cm³/mol. The number of rotatable bonds is 6. The quantitative estimate of drug-likeness (QED) is 0.812. The van der Waals surface area contributed by atoms with E-state index in [1.165, 1.54) is 12.8 Å². The van der Waals surface area contributed by atoms with Crippen LogP contribution in [0.25, 0.3) is 0 Å². The molecule has 6 heteroatoms. The largest absolute Gasteiger partial charge is 0.354 e. The second-order valence-electron chi connectivity index (χ2n) is 7.29. The number of nitrogens with one attached hydrogen (secondary N) is 2. The number of pyridine rings is 1. The lowest BCUT2D eigenvalue weighted by molar-refractivity contribution is -0.121. The molecule has 2 N–H and O–H groups in total. The SMILES string of the molecule is CN1CCN(c2ncccc2CNC(=O)CCC2CCNCC2)CC1. The molecular weight excluding hydrogens is 314 g/mol. The summed E-state index contributed by atoms with van der Waals surface area (Å²) in [4.78, 5) is 21.5. The lowest BCUT2D eigenvalue weighted by Crippen LogP contribution is -2.45. The second kappa shape index (κ2) is 9.15. The molecule has 0 unspecified atom stereocenters. The van der Waals surface area contributed by atoms with E-state index in [4.69, 9.17) is 0 Å². The summed E-state index contributed by atoms with van der Waals surface area (Å²) in [5.41, 5.74) is 1.11. The van der Waals surface area contributed by atoms with Gasteiger partial charge in [-0.2, -0.15) is 0 Å². The van der Waals surface area contributed by atoms with Gasteiger partial charge in [-0.15, -0.1) is 0 Å². The molecule has 1 amide bonds. The van der Waals surface area contributed by atoms with Gasteiger partial charge in [0.2, 0.25) is 5.91 Å². The first-order valence-electron chi connectivity index (χ1n) is 9.57. The van der Waals surface area contributed by atoms with Gasteiger partial charge in [-0.05, 0) is 51.4 Å². The molecule has 1 aromatic rings. The molecule has 2 fully saturated rings. The van der Waals surface area contributed by atoms with Crippen LogP contribution in [0.3, 0.4) is 0 Å². The van der Waals surface area contributed by atoms with E-state index in [1.54, 1.807) is 0 Å². The van der Waals surface area contributed by atoms with Crippen molar-refractivity contribution in [2.75, 3.05) is 51.2 Å². The number of hydrogen-bond donors (Lipinski definition) is 2. The van der Waals surface area contributed by atoms with Crippen LogP contribution in [0.15, 0.2) is 18.3 Å². The summed E-state index contributed by atoms with van der Waals surface area (Å²) in [6.07, 6.45) is 5.88. The minimum absolute atomic E-state index is 0.159. The Bertz CT molecular complexity index is 551. The molecule has 0 bridgehead atoms. The maximum absolute atomic E-state index is 12.2. The van der Waals surface area contributed by atoms with Gasteiger partial charge in [-0.1, -0.05) is 6.07 Å². The zero-order valence-corrected chi connectivity index (χ0v) is 15.3. The standard InChI is InChI=1S/C19H31N5O/c1-23-11-13-24(14-12-23)19-17(3-2-8-21-19)15-22-18(25)5-4-16-6-9-20-10-7-16/h2-3,8,16,20H,4-7,9-15H2,1H3,(H,22,25). The molecule has 0 atom stereocenters. The van der Waals surface area contributed by atoms with Gasteiger partial charge in [-0.25, -0.2) is 4.98 Å². The van der Waals surface area contributed by atoms with Crippen molar-refractivity contribution in [2.24, 2.45) is 5.92 Å². The third-order valence-electron chi connectivity index (χ3n) is 5.38. The molecule has 2 aliphatic heterocycles. The fraction of sp³-hybridized carbons (Fsp3) is 0.684. The summed E-state index contributed by atoms with van der Waals surface area (Å²) in [5, 5.41) is 6.47. The number of piperazine rings is 1.